The van der Waals surface area contributed by atoms with Gasteiger partial charge in [0.25, 0.3) is 20.0 Å². The molecule has 0 unspecified atom stereocenters. The van der Waals surface area contributed by atoms with Crippen LogP contribution in [0.3, 0.4) is 0 Å². The summed E-state index contributed by atoms with van der Waals surface area (Å²) in [6, 6.07) is 0. The first-order valence-electron chi connectivity index (χ1n) is 4.27. The van der Waals surface area contributed by atoms with Crippen molar-refractivity contribution in [3.05, 3.63) is 0 Å². The topological polar surface area (TPSA) is 71.5 Å². The highest BCUT2D eigenvalue weighted by atomic mass is 32.3. The summed E-state index contributed by atoms with van der Waals surface area (Å²) in [5.41, 5.74) is 0. The highest BCUT2D eigenvalue weighted by molar-refractivity contribution is 8.05. The van der Waals surface area contributed by atoms with Crippen LogP contribution in [-0.2, 0) is 20.0 Å². The van der Waals surface area contributed by atoms with Crippen LogP contribution in [0, 0.1) is 0 Å². The number of halogens is 2. The summed E-state index contributed by atoms with van der Waals surface area (Å²) in [7, 11) is -8.95. The summed E-state index contributed by atoms with van der Waals surface area (Å²) in [5.74, 6) is 0. The largest absolute Gasteiger partial charge is 0.261 e. The van der Waals surface area contributed by atoms with Crippen molar-refractivity contribution in [3.8, 4) is 0 Å². The number of hydrogen-bond acceptors (Lipinski definition) is 4. The molecule has 0 aromatic heterocycles. The maximum absolute atomic E-state index is 13.3. The highest BCUT2D eigenvalue weighted by Crippen LogP contribution is 2.29. The molecule has 0 aliphatic rings. The van der Waals surface area contributed by atoms with Crippen LogP contribution in [0.2, 0.25) is 0 Å². The number of alkyl halides is 2. The van der Waals surface area contributed by atoms with Crippen molar-refractivity contribution in [2.24, 2.45) is 0 Å². The molecule has 0 amide bonds. The minimum atomic E-state index is -4.78. The Balaban J connectivity index is 5.70. The van der Waals surface area contributed by atoms with E-state index in [0.29, 0.717) is 34.7 Å². The third-order valence-corrected chi connectivity index (χ3v) is 6.89. The van der Waals surface area contributed by atoms with Gasteiger partial charge >= 0.3 is 0 Å². The Labute approximate surface area is 94.5 Å². The Kier molecular flexibility index (Phi) is 3.81. The molecule has 0 aliphatic carbocycles. The minimum absolute atomic E-state index is 0.264. The first-order chi connectivity index (χ1) is 6.65. The van der Waals surface area contributed by atoms with Gasteiger partial charge in [-0.2, -0.15) is 0 Å². The molecule has 0 aliphatic heterocycles. The van der Waals surface area contributed by atoms with E-state index in [-0.39, 0.29) is 3.71 Å². The molecule has 0 rings (SSSR count). The van der Waals surface area contributed by atoms with E-state index in [2.05, 4.69) is 0 Å². The van der Waals surface area contributed by atoms with Gasteiger partial charge in [-0.25, -0.2) is 25.6 Å². The summed E-state index contributed by atoms with van der Waals surface area (Å²) in [5, 5.41) is -5.61. The second-order valence-electron chi connectivity index (χ2n) is 4.12. The molecule has 0 N–H and O–H groups in total. The van der Waals surface area contributed by atoms with Gasteiger partial charge < -0.3 is 0 Å². The molecule has 0 radical (unpaired) electrons. The first-order valence-corrected chi connectivity index (χ1v) is 7.15. The quantitative estimate of drug-likeness (QED) is 0.769. The maximum Gasteiger partial charge on any atom is 0.261 e. The molecule has 0 aromatic rings. The first kappa shape index (κ1) is 15.7. The van der Waals surface area contributed by atoms with Gasteiger partial charge in [0.05, 0.1) is 0 Å². The third kappa shape index (κ3) is 2.51. The number of sulfonamides is 2. The lowest BCUT2D eigenvalue weighted by Gasteiger charge is -2.27. The molecule has 0 aromatic carbocycles. The van der Waals surface area contributed by atoms with E-state index in [1.54, 1.807) is 0 Å². The zero-order chi connectivity index (χ0) is 13.6. The minimum Gasteiger partial charge on any atom is -0.225 e. The van der Waals surface area contributed by atoms with Crippen LogP contribution < -0.4 is 0 Å². The van der Waals surface area contributed by atoms with E-state index in [0.717, 1.165) is 0 Å². The van der Waals surface area contributed by atoms with Crippen molar-refractivity contribution in [1.29, 1.82) is 0 Å². The van der Waals surface area contributed by atoms with Gasteiger partial charge in [-0.05, 0) is 27.7 Å². The van der Waals surface area contributed by atoms with Crippen LogP contribution in [-0.4, -0.2) is 37.6 Å². The molecule has 0 fully saturated rings. The zero-order valence-electron chi connectivity index (χ0n) is 9.65. The summed E-state index contributed by atoms with van der Waals surface area (Å²) in [6.07, 6.45) is 0. The van der Waals surface area contributed by atoms with E-state index < -0.39 is 30.0 Å². The average molecular weight is 279 g/mol. The van der Waals surface area contributed by atoms with Crippen molar-refractivity contribution in [2.45, 2.75) is 37.7 Å². The molecule has 0 bridgehead atoms. The lowest BCUT2D eigenvalue weighted by molar-refractivity contribution is 0.293. The van der Waals surface area contributed by atoms with Crippen LogP contribution in [0.15, 0.2) is 0 Å². The van der Waals surface area contributed by atoms with Crippen molar-refractivity contribution in [2.75, 3.05) is 7.05 Å². The Hall–Kier alpha value is -0.280. The molecular formula is C7H15F2NO4S2. The van der Waals surface area contributed by atoms with Crippen molar-refractivity contribution >= 4 is 20.0 Å². The van der Waals surface area contributed by atoms with Gasteiger partial charge in [0, 0.05) is 7.05 Å². The van der Waals surface area contributed by atoms with Gasteiger partial charge in [0.1, 0.15) is 0 Å². The summed E-state index contributed by atoms with van der Waals surface area (Å²) < 4.78 is 72.2. The van der Waals surface area contributed by atoms with Crippen LogP contribution in [0.5, 0.6) is 0 Å². The molecule has 5 nitrogen and oxygen atoms in total. The fourth-order valence-corrected chi connectivity index (χ4v) is 4.06. The molecule has 0 saturated carbocycles. The molecule has 0 atom stereocenters. The summed E-state index contributed by atoms with van der Waals surface area (Å²) >= 11 is 0. The normalized spacial score (nSPS) is 15.5. The van der Waals surface area contributed by atoms with Crippen LogP contribution in [0.1, 0.15) is 27.7 Å². The lowest BCUT2D eigenvalue weighted by atomic mass is 10.5. The highest BCUT2D eigenvalue weighted by Gasteiger charge is 2.49. The van der Waals surface area contributed by atoms with Gasteiger partial charge in [0.15, 0.2) is 0 Å². The predicted molar refractivity (Wildman–Crippen MR) is 56.0 cm³/mol. The number of hydrogen-bond donors (Lipinski definition) is 0. The van der Waals surface area contributed by atoms with Crippen LogP contribution >= 0.6 is 0 Å². The molecular weight excluding hydrogens is 264 g/mol. The van der Waals surface area contributed by atoms with E-state index >= 15 is 0 Å². The number of nitrogens with zero attached hydrogens (tertiary/aromatic N) is 1. The average Bonchev–Trinajstić information content (AvgIpc) is 1.98. The Morgan fingerprint density at radius 1 is 0.812 bits per heavy atom. The van der Waals surface area contributed by atoms with Gasteiger partial charge in [-0.3, -0.25) is 0 Å². The van der Waals surface area contributed by atoms with Crippen molar-refractivity contribution < 1.29 is 25.6 Å². The smallest absolute Gasteiger partial charge is 0.225 e. The monoisotopic (exact) mass is 279 g/mol. The Morgan fingerprint density at radius 2 is 1.00 bits per heavy atom. The van der Waals surface area contributed by atoms with E-state index in [9.17, 15) is 25.6 Å². The maximum atomic E-state index is 13.3. The van der Waals surface area contributed by atoms with Crippen LogP contribution in [0.4, 0.5) is 8.78 Å². The number of rotatable bonds is 4. The molecule has 0 heterocycles. The van der Waals surface area contributed by atoms with E-state index in [4.69, 9.17) is 0 Å². The standard InChI is InChI=1S/C7H15F2NO4S2/c1-6(2,8)15(11,12)10(5)16(13,14)7(3,4)9/h1-5H3. The summed E-state index contributed by atoms with van der Waals surface area (Å²) in [4.78, 5) is 0. The second kappa shape index (κ2) is 3.88. The van der Waals surface area contributed by atoms with E-state index in [1.165, 1.54) is 0 Å². The van der Waals surface area contributed by atoms with Crippen molar-refractivity contribution in [1.82, 2.24) is 3.71 Å². The van der Waals surface area contributed by atoms with Gasteiger partial charge in [-0.1, -0.05) is 3.71 Å². The van der Waals surface area contributed by atoms with Gasteiger partial charge in [0.2, 0.25) is 10.0 Å². The molecule has 16 heavy (non-hydrogen) atoms. The molecule has 0 saturated heterocycles. The molecule has 98 valence electrons. The Bertz CT molecular complexity index is 412. The second-order valence-corrected chi connectivity index (χ2v) is 9.28. The molecule has 9 heteroatoms. The van der Waals surface area contributed by atoms with Crippen LogP contribution in [0.25, 0.3) is 0 Å². The third-order valence-electron chi connectivity index (χ3n) is 1.90. The van der Waals surface area contributed by atoms with Gasteiger partial charge in [-0.15, -0.1) is 0 Å². The van der Waals surface area contributed by atoms with Crippen molar-refractivity contribution in [3.63, 3.8) is 0 Å². The SMILES string of the molecule is CN(S(=O)(=O)C(C)(C)F)S(=O)(=O)C(C)(C)F. The summed E-state index contributed by atoms with van der Waals surface area (Å²) in [6.45, 7) is 2.72. The zero-order valence-corrected chi connectivity index (χ0v) is 11.3. The Morgan fingerprint density at radius 3 is 1.12 bits per heavy atom. The fourth-order valence-electron chi connectivity index (χ4n) is 0.741. The van der Waals surface area contributed by atoms with E-state index in [1.807, 2.05) is 0 Å². The fraction of sp³-hybridized carbons (Fsp3) is 1.00. The molecule has 0 spiro atoms. The predicted octanol–water partition coefficient (Wildman–Crippen LogP) is 0.989. The lowest BCUT2D eigenvalue weighted by Crippen LogP contribution is -2.48.